The van der Waals surface area contributed by atoms with Crippen molar-refractivity contribution < 1.29 is 0 Å². The number of likely N-dealkylation sites (tertiary alicyclic amines) is 1. The topological polar surface area (TPSA) is 66.0 Å². The summed E-state index contributed by atoms with van der Waals surface area (Å²) in [6.07, 6.45) is 4.83. The monoisotopic (exact) mass is 245 g/mol. The number of hydrogen-bond donors (Lipinski definition) is 2. The van der Waals surface area contributed by atoms with E-state index in [-0.39, 0.29) is 12.4 Å². The summed E-state index contributed by atoms with van der Waals surface area (Å²) in [4.78, 5) is 10.7. The second-order valence-corrected chi connectivity index (χ2v) is 4.00. The lowest BCUT2D eigenvalue weighted by Crippen LogP contribution is -2.42. The molecule has 16 heavy (non-hydrogen) atoms. The van der Waals surface area contributed by atoms with Crippen LogP contribution < -0.4 is 11.1 Å². The van der Waals surface area contributed by atoms with Crippen molar-refractivity contribution in [1.29, 1.82) is 0 Å². The average molecular weight is 246 g/mol. The van der Waals surface area contributed by atoms with Gasteiger partial charge < -0.3 is 16.0 Å². The molecule has 0 saturated carbocycles. The van der Waals surface area contributed by atoms with Gasteiger partial charge in [0.2, 0.25) is 5.96 Å². The predicted molar refractivity (Wildman–Crippen MR) is 69.2 cm³/mol. The van der Waals surface area contributed by atoms with E-state index in [1.165, 1.54) is 19.3 Å². The van der Waals surface area contributed by atoms with Gasteiger partial charge in [-0.05, 0) is 25.7 Å². The molecule has 0 aliphatic carbocycles. The van der Waals surface area contributed by atoms with Crippen LogP contribution in [0.25, 0.3) is 0 Å². The van der Waals surface area contributed by atoms with Crippen LogP contribution in [0.1, 0.15) is 25.7 Å². The second kappa shape index (κ2) is 6.58. The maximum Gasteiger partial charge on any atom is 0.221 e. The third-order valence-corrected chi connectivity index (χ3v) is 2.78. The molecule has 0 spiro atoms. The lowest BCUT2D eigenvalue weighted by atomic mass is 10.1. The summed E-state index contributed by atoms with van der Waals surface area (Å²) < 4.78 is 0. The molecule has 6 heteroatoms. The Labute approximate surface area is 103 Å². The van der Waals surface area contributed by atoms with Crippen molar-refractivity contribution in [2.45, 2.75) is 25.7 Å². The Morgan fingerprint density at radius 1 is 1.25 bits per heavy atom. The molecule has 0 atom stereocenters. The van der Waals surface area contributed by atoms with Crippen LogP contribution >= 0.6 is 12.4 Å². The Hall–Kier alpha value is -0.970. The number of nitrogens with two attached hydrogens (primary N) is 1. The zero-order valence-electron chi connectivity index (χ0n) is 9.48. The number of nitrogens with one attached hydrogen (secondary N) is 1. The minimum absolute atomic E-state index is 0. The van der Waals surface area contributed by atoms with Gasteiger partial charge in [0.05, 0.1) is 0 Å². The minimum atomic E-state index is 0. The normalized spacial score (nSPS) is 21.9. The smallest absolute Gasteiger partial charge is 0.221 e. The van der Waals surface area contributed by atoms with Gasteiger partial charge in [-0.1, -0.05) is 0 Å². The molecule has 0 aromatic rings. The maximum absolute atomic E-state index is 5.93. The van der Waals surface area contributed by atoms with Crippen LogP contribution in [0.15, 0.2) is 9.98 Å². The van der Waals surface area contributed by atoms with E-state index in [9.17, 15) is 0 Å². The third kappa shape index (κ3) is 3.56. The molecule has 2 aliphatic heterocycles. The molecule has 2 rings (SSSR count). The Morgan fingerprint density at radius 2 is 2.00 bits per heavy atom. The first-order valence-electron chi connectivity index (χ1n) is 5.74. The lowest BCUT2D eigenvalue weighted by molar-refractivity contribution is 0.339. The summed E-state index contributed by atoms with van der Waals surface area (Å²) in [5.41, 5.74) is 5.93. The molecule has 0 unspecified atom stereocenters. The highest BCUT2D eigenvalue weighted by atomic mass is 35.5. The molecular weight excluding hydrogens is 226 g/mol. The van der Waals surface area contributed by atoms with E-state index in [1.807, 2.05) is 0 Å². The molecule has 0 aromatic carbocycles. The van der Waals surface area contributed by atoms with Gasteiger partial charge in [0.1, 0.15) is 0 Å². The molecule has 92 valence electrons. The Morgan fingerprint density at radius 3 is 2.62 bits per heavy atom. The lowest BCUT2D eigenvalue weighted by Gasteiger charge is -2.27. The van der Waals surface area contributed by atoms with E-state index in [4.69, 9.17) is 5.73 Å². The number of halogens is 1. The van der Waals surface area contributed by atoms with Crippen LogP contribution in [0.4, 0.5) is 0 Å². The number of rotatable bonds is 0. The Kier molecular flexibility index (Phi) is 5.38. The highest BCUT2D eigenvalue weighted by Crippen LogP contribution is 2.07. The van der Waals surface area contributed by atoms with E-state index >= 15 is 0 Å². The fourth-order valence-corrected chi connectivity index (χ4v) is 1.90. The third-order valence-electron chi connectivity index (χ3n) is 2.78. The first-order valence-corrected chi connectivity index (χ1v) is 5.74. The van der Waals surface area contributed by atoms with E-state index in [2.05, 4.69) is 20.2 Å². The van der Waals surface area contributed by atoms with Gasteiger partial charge in [-0.15, -0.1) is 12.4 Å². The number of hydrogen-bond acceptors (Lipinski definition) is 3. The molecule has 2 aliphatic rings. The van der Waals surface area contributed by atoms with Gasteiger partial charge in [-0.2, -0.15) is 4.99 Å². The maximum atomic E-state index is 5.93. The molecule has 0 aromatic heterocycles. The first-order chi connectivity index (χ1) is 7.36. The Balaban J connectivity index is 0.00000128. The molecule has 0 bridgehead atoms. The van der Waals surface area contributed by atoms with Gasteiger partial charge in [0, 0.05) is 26.2 Å². The quantitative estimate of drug-likeness (QED) is 0.484. The van der Waals surface area contributed by atoms with Crippen molar-refractivity contribution in [3.05, 3.63) is 0 Å². The standard InChI is InChI=1S/C10H19N5.ClH/c11-9(15-7-2-1-3-8-15)14-10-12-5-4-6-13-10;/h1-8H2,(H3,11,12,13,14);1H. The van der Waals surface area contributed by atoms with Crippen molar-refractivity contribution in [3.8, 4) is 0 Å². The first kappa shape index (κ1) is 13.1. The highest BCUT2D eigenvalue weighted by molar-refractivity contribution is 5.94. The van der Waals surface area contributed by atoms with Gasteiger partial charge in [-0.3, -0.25) is 4.99 Å². The second-order valence-electron chi connectivity index (χ2n) is 4.00. The summed E-state index contributed by atoms with van der Waals surface area (Å²) in [6, 6.07) is 0. The summed E-state index contributed by atoms with van der Waals surface area (Å²) in [7, 11) is 0. The van der Waals surface area contributed by atoms with Gasteiger partial charge in [-0.25, -0.2) is 0 Å². The molecule has 2 heterocycles. The van der Waals surface area contributed by atoms with Crippen LogP contribution in [0.2, 0.25) is 0 Å². The number of aliphatic imine (C=N–C) groups is 2. The van der Waals surface area contributed by atoms with Crippen LogP contribution in [-0.2, 0) is 0 Å². The summed E-state index contributed by atoms with van der Waals surface area (Å²) >= 11 is 0. The van der Waals surface area contributed by atoms with Gasteiger partial charge in [0.15, 0.2) is 5.96 Å². The summed E-state index contributed by atoms with van der Waals surface area (Å²) in [6.45, 7) is 3.87. The van der Waals surface area contributed by atoms with Crippen LogP contribution in [0, 0.1) is 0 Å². The molecule has 0 radical (unpaired) electrons. The van der Waals surface area contributed by atoms with Crippen molar-refractivity contribution in [1.82, 2.24) is 10.2 Å². The van der Waals surface area contributed by atoms with E-state index < -0.39 is 0 Å². The van der Waals surface area contributed by atoms with Crippen molar-refractivity contribution >= 4 is 24.3 Å². The van der Waals surface area contributed by atoms with Crippen LogP contribution in [0.5, 0.6) is 0 Å². The van der Waals surface area contributed by atoms with Crippen LogP contribution in [-0.4, -0.2) is 43.0 Å². The van der Waals surface area contributed by atoms with E-state index in [0.717, 1.165) is 32.6 Å². The molecule has 1 saturated heterocycles. The van der Waals surface area contributed by atoms with Crippen LogP contribution in [0.3, 0.4) is 0 Å². The van der Waals surface area contributed by atoms with E-state index in [1.54, 1.807) is 0 Å². The van der Waals surface area contributed by atoms with E-state index in [0.29, 0.717) is 11.9 Å². The van der Waals surface area contributed by atoms with Crippen molar-refractivity contribution in [3.63, 3.8) is 0 Å². The number of guanidine groups is 2. The summed E-state index contributed by atoms with van der Waals surface area (Å²) in [5.74, 6) is 1.31. The van der Waals surface area contributed by atoms with Gasteiger partial charge >= 0.3 is 0 Å². The molecule has 3 N–H and O–H groups in total. The minimum Gasteiger partial charge on any atom is -0.369 e. The highest BCUT2D eigenvalue weighted by Gasteiger charge is 2.13. The number of nitrogens with zero attached hydrogens (tertiary/aromatic N) is 3. The molecule has 1 fully saturated rings. The van der Waals surface area contributed by atoms with Crippen molar-refractivity contribution in [2.75, 3.05) is 26.2 Å². The predicted octanol–water partition coefficient (Wildman–Crippen LogP) is 0.558. The Bertz CT molecular complexity index is 270. The average Bonchev–Trinajstić information content (AvgIpc) is 2.31. The molecule has 5 nitrogen and oxygen atoms in total. The van der Waals surface area contributed by atoms with Gasteiger partial charge in [0.25, 0.3) is 0 Å². The number of piperidine rings is 1. The zero-order valence-corrected chi connectivity index (χ0v) is 10.3. The largest absolute Gasteiger partial charge is 0.369 e. The summed E-state index contributed by atoms with van der Waals surface area (Å²) in [5, 5.41) is 3.14. The fourth-order valence-electron chi connectivity index (χ4n) is 1.90. The van der Waals surface area contributed by atoms with Crippen molar-refractivity contribution in [2.24, 2.45) is 15.7 Å². The zero-order chi connectivity index (χ0) is 10.5. The molecule has 0 amide bonds. The SMILES string of the molecule is Cl.NC(=NC1=NCCCN1)N1CCCCC1. The molecular formula is C10H20ClN5. The fraction of sp³-hybridized carbons (Fsp3) is 0.800.